The highest BCUT2D eigenvalue weighted by atomic mass is 16.2. The summed E-state index contributed by atoms with van der Waals surface area (Å²) in [7, 11) is 0. The molecule has 3 amide bonds. The summed E-state index contributed by atoms with van der Waals surface area (Å²) < 4.78 is 0. The van der Waals surface area contributed by atoms with Crippen molar-refractivity contribution in [2.45, 2.75) is 19.4 Å². The predicted molar refractivity (Wildman–Crippen MR) is 96.5 cm³/mol. The van der Waals surface area contributed by atoms with Gasteiger partial charge in [-0.1, -0.05) is 12.1 Å². The van der Waals surface area contributed by atoms with E-state index >= 15 is 0 Å². The number of carbonyl (C=O) groups is 3. The summed E-state index contributed by atoms with van der Waals surface area (Å²) in [5, 5.41) is 11.3. The number of hydrogen-bond donors (Lipinski definition) is 4. The lowest BCUT2D eigenvalue weighted by molar-refractivity contribution is -0.122. The highest BCUT2D eigenvalue weighted by molar-refractivity contribution is 6.06. The molecule has 3 rings (SSSR count). The monoisotopic (exact) mass is 338 g/mol. The third kappa shape index (κ3) is 4.14. The molecule has 0 spiro atoms. The van der Waals surface area contributed by atoms with E-state index in [0.717, 1.165) is 5.69 Å². The summed E-state index contributed by atoms with van der Waals surface area (Å²) in [5.41, 5.74) is 2.74. The van der Waals surface area contributed by atoms with Crippen LogP contribution in [-0.2, 0) is 14.4 Å². The molecule has 2 aromatic carbocycles. The summed E-state index contributed by atoms with van der Waals surface area (Å²) >= 11 is 0. The molecule has 0 saturated heterocycles. The van der Waals surface area contributed by atoms with Gasteiger partial charge in [-0.3, -0.25) is 14.4 Å². The van der Waals surface area contributed by atoms with Crippen molar-refractivity contribution in [3.05, 3.63) is 48.5 Å². The number of benzene rings is 2. The molecular weight excluding hydrogens is 320 g/mol. The number of hydrogen-bond acceptors (Lipinski definition) is 4. The van der Waals surface area contributed by atoms with Crippen molar-refractivity contribution in [1.29, 1.82) is 0 Å². The second-order valence-corrected chi connectivity index (χ2v) is 5.74. The zero-order chi connectivity index (χ0) is 17.8. The number of fused-ring (bicyclic) bond motifs is 1. The molecule has 1 aliphatic heterocycles. The van der Waals surface area contributed by atoms with Crippen molar-refractivity contribution in [2.75, 3.05) is 21.3 Å². The van der Waals surface area contributed by atoms with E-state index in [-0.39, 0.29) is 24.1 Å². The van der Waals surface area contributed by atoms with E-state index in [1.807, 2.05) is 18.2 Å². The smallest absolute Gasteiger partial charge is 0.247 e. The van der Waals surface area contributed by atoms with E-state index in [0.29, 0.717) is 17.1 Å². The molecular formula is C18H18N4O3. The Hall–Kier alpha value is -3.35. The Balaban J connectivity index is 1.59. The summed E-state index contributed by atoms with van der Waals surface area (Å²) in [4.78, 5) is 35.3. The maximum atomic E-state index is 12.2. The van der Waals surface area contributed by atoms with Gasteiger partial charge < -0.3 is 21.3 Å². The fourth-order valence-corrected chi connectivity index (χ4v) is 2.57. The van der Waals surface area contributed by atoms with Crippen molar-refractivity contribution in [1.82, 2.24) is 0 Å². The molecule has 0 radical (unpaired) electrons. The summed E-state index contributed by atoms with van der Waals surface area (Å²) in [5.74, 6) is -0.680. The summed E-state index contributed by atoms with van der Waals surface area (Å²) in [6, 6.07) is 13.5. The fourth-order valence-electron chi connectivity index (χ4n) is 2.57. The Morgan fingerprint density at radius 3 is 2.20 bits per heavy atom. The highest BCUT2D eigenvalue weighted by Crippen LogP contribution is 2.26. The van der Waals surface area contributed by atoms with Gasteiger partial charge in [0.2, 0.25) is 17.7 Å². The lowest BCUT2D eigenvalue weighted by atomic mass is 10.1. The Morgan fingerprint density at radius 1 is 0.960 bits per heavy atom. The van der Waals surface area contributed by atoms with Crippen molar-refractivity contribution < 1.29 is 14.4 Å². The molecule has 25 heavy (non-hydrogen) atoms. The Labute approximate surface area is 144 Å². The second kappa shape index (κ2) is 7.04. The Kier molecular flexibility index (Phi) is 4.65. The molecule has 0 aliphatic carbocycles. The first-order valence-corrected chi connectivity index (χ1v) is 7.85. The first-order valence-electron chi connectivity index (χ1n) is 7.85. The predicted octanol–water partition coefficient (Wildman–Crippen LogP) is 2.41. The van der Waals surface area contributed by atoms with Crippen LogP contribution in [0.25, 0.3) is 0 Å². The molecule has 7 heteroatoms. The lowest BCUT2D eigenvalue weighted by Gasteiger charge is -2.26. The van der Waals surface area contributed by atoms with Gasteiger partial charge in [0.25, 0.3) is 0 Å². The molecule has 128 valence electrons. The molecule has 0 bridgehead atoms. The van der Waals surface area contributed by atoms with Gasteiger partial charge in [0.1, 0.15) is 6.04 Å². The molecule has 1 atom stereocenters. The summed E-state index contributed by atoms with van der Waals surface area (Å²) in [6.07, 6.45) is 0.00755. The van der Waals surface area contributed by atoms with Gasteiger partial charge in [-0.15, -0.1) is 0 Å². The SMILES string of the molecule is CC(=O)Nc1ccc(NC(=O)C[C@@H]2Nc3ccccc3NC2=O)cc1. The second-order valence-electron chi connectivity index (χ2n) is 5.74. The minimum Gasteiger partial charge on any atom is -0.372 e. The van der Waals surface area contributed by atoms with Crippen molar-refractivity contribution in [3.63, 3.8) is 0 Å². The molecule has 0 saturated carbocycles. The van der Waals surface area contributed by atoms with E-state index in [2.05, 4.69) is 21.3 Å². The Bertz CT molecular complexity index is 817. The number of rotatable bonds is 4. The lowest BCUT2D eigenvalue weighted by Crippen LogP contribution is -2.41. The van der Waals surface area contributed by atoms with E-state index in [1.54, 1.807) is 30.3 Å². The van der Waals surface area contributed by atoms with Gasteiger partial charge in [-0.2, -0.15) is 0 Å². The quantitative estimate of drug-likeness (QED) is 0.688. The van der Waals surface area contributed by atoms with Crippen LogP contribution in [0.2, 0.25) is 0 Å². The highest BCUT2D eigenvalue weighted by Gasteiger charge is 2.27. The third-order valence-corrected chi connectivity index (χ3v) is 3.71. The topological polar surface area (TPSA) is 99.3 Å². The Morgan fingerprint density at radius 2 is 1.56 bits per heavy atom. The minimum absolute atomic E-state index is 0.00755. The van der Waals surface area contributed by atoms with E-state index in [1.165, 1.54) is 6.92 Å². The first-order chi connectivity index (χ1) is 12.0. The van der Waals surface area contributed by atoms with Crippen LogP contribution in [-0.4, -0.2) is 23.8 Å². The van der Waals surface area contributed by atoms with Crippen molar-refractivity contribution in [3.8, 4) is 0 Å². The normalized spacial score (nSPS) is 15.4. The van der Waals surface area contributed by atoms with Crippen LogP contribution >= 0.6 is 0 Å². The minimum atomic E-state index is -0.631. The maximum absolute atomic E-state index is 12.2. The number of anilines is 4. The standard InChI is InChI=1S/C18H18N4O3/c1-11(23)19-12-6-8-13(9-7-12)20-17(24)10-16-18(25)22-15-5-3-2-4-14(15)21-16/h2-9,16,21H,10H2,1H3,(H,19,23)(H,20,24)(H,22,25)/t16-/m0/s1. The van der Waals surface area contributed by atoms with Crippen LogP contribution in [0.15, 0.2) is 48.5 Å². The average molecular weight is 338 g/mol. The number of para-hydroxylation sites is 2. The van der Waals surface area contributed by atoms with Crippen LogP contribution in [0, 0.1) is 0 Å². The van der Waals surface area contributed by atoms with Gasteiger partial charge in [0, 0.05) is 18.3 Å². The molecule has 0 aromatic heterocycles. The van der Waals surface area contributed by atoms with Gasteiger partial charge in [-0.05, 0) is 36.4 Å². The number of nitrogens with one attached hydrogen (secondary N) is 4. The third-order valence-electron chi connectivity index (χ3n) is 3.71. The maximum Gasteiger partial charge on any atom is 0.247 e. The molecule has 2 aromatic rings. The molecule has 0 fully saturated rings. The van der Waals surface area contributed by atoms with E-state index < -0.39 is 6.04 Å². The van der Waals surface area contributed by atoms with Crippen LogP contribution in [0.3, 0.4) is 0 Å². The molecule has 1 aliphatic rings. The van der Waals surface area contributed by atoms with Crippen molar-refractivity contribution in [2.24, 2.45) is 0 Å². The first kappa shape index (κ1) is 16.5. The fraction of sp³-hybridized carbons (Fsp3) is 0.167. The van der Waals surface area contributed by atoms with Crippen LogP contribution in [0.4, 0.5) is 22.7 Å². The van der Waals surface area contributed by atoms with E-state index in [4.69, 9.17) is 0 Å². The number of carbonyl (C=O) groups excluding carboxylic acids is 3. The van der Waals surface area contributed by atoms with Gasteiger partial charge in [0.15, 0.2) is 0 Å². The van der Waals surface area contributed by atoms with Gasteiger partial charge in [-0.25, -0.2) is 0 Å². The molecule has 0 unspecified atom stereocenters. The van der Waals surface area contributed by atoms with Gasteiger partial charge >= 0.3 is 0 Å². The largest absolute Gasteiger partial charge is 0.372 e. The average Bonchev–Trinajstić information content (AvgIpc) is 2.57. The van der Waals surface area contributed by atoms with Crippen LogP contribution in [0.1, 0.15) is 13.3 Å². The zero-order valence-electron chi connectivity index (χ0n) is 13.6. The molecule has 1 heterocycles. The zero-order valence-corrected chi connectivity index (χ0v) is 13.6. The molecule has 4 N–H and O–H groups in total. The van der Waals surface area contributed by atoms with Crippen molar-refractivity contribution >= 4 is 40.5 Å². The summed E-state index contributed by atoms with van der Waals surface area (Å²) in [6.45, 7) is 1.43. The van der Waals surface area contributed by atoms with Crippen LogP contribution < -0.4 is 21.3 Å². The van der Waals surface area contributed by atoms with Gasteiger partial charge in [0.05, 0.1) is 17.8 Å². The molecule has 7 nitrogen and oxygen atoms in total. The van der Waals surface area contributed by atoms with Crippen LogP contribution in [0.5, 0.6) is 0 Å². The van der Waals surface area contributed by atoms with E-state index in [9.17, 15) is 14.4 Å². The number of amides is 3.